The predicted octanol–water partition coefficient (Wildman–Crippen LogP) is 5.01. The van der Waals surface area contributed by atoms with Crippen molar-refractivity contribution in [2.24, 2.45) is 5.92 Å². The number of carbonyl (C=O) groups excluding carboxylic acids is 2. The van der Waals surface area contributed by atoms with Crippen molar-refractivity contribution in [1.82, 2.24) is 9.62 Å². The second-order valence-corrected chi connectivity index (χ2v) is 13.5. The third-order valence-corrected chi connectivity index (χ3v) is 10.8. The van der Waals surface area contributed by atoms with E-state index in [1.807, 2.05) is 0 Å². The van der Waals surface area contributed by atoms with Gasteiger partial charge in [-0.1, -0.05) is 59.6 Å². The van der Waals surface area contributed by atoms with Gasteiger partial charge in [0.1, 0.15) is 12.1 Å². The minimum Gasteiger partial charge on any atom is -0.480 e. The number of aliphatic carboxylic acids is 1. The summed E-state index contributed by atoms with van der Waals surface area (Å²) in [5.74, 6) is -2.45. The highest BCUT2D eigenvalue weighted by Gasteiger charge is 2.51. The lowest BCUT2D eigenvalue weighted by Crippen LogP contribution is -2.63. The van der Waals surface area contributed by atoms with Crippen molar-refractivity contribution in [3.05, 3.63) is 94.0 Å². The molecule has 0 spiro atoms. The quantitative estimate of drug-likeness (QED) is 0.338. The highest BCUT2D eigenvalue weighted by molar-refractivity contribution is 7.89. The summed E-state index contributed by atoms with van der Waals surface area (Å²) in [6.07, 6.45) is 2.69. The average Bonchev–Trinajstić information content (AvgIpc) is 3.01. The molecule has 2 amide bonds. The van der Waals surface area contributed by atoms with Crippen LogP contribution in [0.3, 0.4) is 0 Å². The fourth-order valence-electron chi connectivity index (χ4n) is 6.03. The number of nitrogens with one attached hydrogen (secondary N) is 1. The van der Waals surface area contributed by atoms with Gasteiger partial charge in [0.2, 0.25) is 15.9 Å². The van der Waals surface area contributed by atoms with Gasteiger partial charge in [0.15, 0.2) is 0 Å². The lowest BCUT2D eigenvalue weighted by molar-refractivity contribution is -0.143. The Morgan fingerprint density at radius 3 is 2.12 bits per heavy atom. The van der Waals surface area contributed by atoms with Crippen LogP contribution < -0.4 is 10.2 Å². The Balaban J connectivity index is 1.32. The van der Waals surface area contributed by atoms with Crippen LogP contribution in [0.15, 0.2) is 77.7 Å². The standard InChI is InChI=1S/C31H31Cl2N3O6S/c1-35(30(38)27-24(32)8-5-9-25(27)33)21-14-10-19(11-15-21)18-26(31(39)40)34-29(37)28-20-12-16-22(17-13-20)36(28)43(41,42)23-6-3-2-4-7-23/h2-11,14-15,20,22,26,28H,12-13,16-18H2,1H3,(H,34,37)(H,39,40). The number of sulfonamides is 1. The van der Waals surface area contributed by atoms with Crippen LogP contribution in [0, 0.1) is 5.92 Å². The van der Waals surface area contributed by atoms with Crippen LogP contribution in [-0.2, 0) is 26.0 Å². The van der Waals surface area contributed by atoms with Gasteiger partial charge < -0.3 is 15.3 Å². The van der Waals surface area contributed by atoms with E-state index >= 15 is 0 Å². The van der Waals surface area contributed by atoms with Crippen LogP contribution in [-0.4, -0.2) is 60.8 Å². The molecular weight excluding hydrogens is 613 g/mol. The maximum absolute atomic E-state index is 13.7. The van der Waals surface area contributed by atoms with Gasteiger partial charge in [-0.25, -0.2) is 13.2 Å². The van der Waals surface area contributed by atoms with Gasteiger partial charge in [-0.15, -0.1) is 0 Å². The third kappa shape index (κ3) is 6.28. The smallest absolute Gasteiger partial charge is 0.326 e. The molecule has 1 saturated carbocycles. The molecule has 226 valence electrons. The van der Waals surface area contributed by atoms with Gasteiger partial charge in [0.05, 0.1) is 20.5 Å². The molecule has 2 bridgehead atoms. The second kappa shape index (κ2) is 12.7. The fraction of sp³-hybridized carbons (Fsp3) is 0.323. The van der Waals surface area contributed by atoms with Crippen LogP contribution in [0.5, 0.6) is 0 Å². The van der Waals surface area contributed by atoms with Crippen LogP contribution in [0.1, 0.15) is 41.6 Å². The Labute approximate surface area is 260 Å². The van der Waals surface area contributed by atoms with E-state index in [2.05, 4.69) is 5.32 Å². The summed E-state index contributed by atoms with van der Waals surface area (Å²) >= 11 is 12.4. The number of carbonyl (C=O) groups is 3. The third-order valence-electron chi connectivity index (χ3n) is 8.27. The minimum absolute atomic E-state index is 0.0401. The zero-order chi connectivity index (χ0) is 30.9. The number of hydrogen-bond acceptors (Lipinski definition) is 5. The van der Waals surface area contributed by atoms with Gasteiger partial charge in [-0.05, 0) is 73.6 Å². The van der Waals surface area contributed by atoms with Crippen molar-refractivity contribution in [3.63, 3.8) is 0 Å². The van der Waals surface area contributed by atoms with Crippen molar-refractivity contribution >= 4 is 56.7 Å². The number of amides is 2. The topological polar surface area (TPSA) is 124 Å². The first-order chi connectivity index (χ1) is 20.5. The first kappa shape index (κ1) is 31.0. The number of nitrogens with zero attached hydrogens (tertiary/aromatic N) is 2. The highest BCUT2D eigenvalue weighted by Crippen LogP contribution is 2.42. The highest BCUT2D eigenvalue weighted by atomic mass is 35.5. The largest absolute Gasteiger partial charge is 0.480 e. The number of anilines is 1. The molecule has 2 atom stereocenters. The Bertz CT molecular complexity index is 1610. The SMILES string of the molecule is CN(C(=O)c1c(Cl)cccc1Cl)c1ccc(CC(NC(=O)C2C3CCC(CC3)N2S(=O)(=O)c2ccccc2)C(=O)O)cc1. The van der Waals surface area contributed by atoms with E-state index in [9.17, 15) is 27.9 Å². The molecule has 6 rings (SSSR count). The summed E-state index contributed by atoms with van der Waals surface area (Å²) in [6.45, 7) is 0. The fourth-order valence-corrected chi connectivity index (χ4v) is 8.51. The molecule has 2 unspecified atom stereocenters. The second-order valence-electron chi connectivity index (χ2n) is 10.9. The maximum atomic E-state index is 13.7. The van der Waals surface area contributed by atoms with Gasteiger partial charge in [-0.2, -0.15) is 4.31 Å². The summed E-state index contributed by atoms with van der Waals surface area (Å²) in [5, 5.41) is 13.1. The molecule has 2 aliphatic heterocycles. The van der Waals surface area contributed by atoms with Crippen LogP contribution in [0.4, 0.5) is 5.69 Å². The predicted molar refractivity (Wildman–Crippen MR) is 164 cm³/mol. The van der Waals surface area contributed by atoms with Crippen LogP contribution in [0.2, 0.25) is 10.0 Å². The maximum Gasteiger partial charge on any atom is 0.326 e. The molecule has 2 N–H and O–H groups in total. The number of carboxylic acids is 1. The zero-order valence-electron chi connectivity index (χ0n) is 23.3. The minimum atomic E-state index is -3.97. The number of piperidine rings is 2. The van der Waals surface area contributed by atoms with Crippen molar-refractivity contribution in [3.8, 4) is 0 Å². The average molecular weight is 645 g/mol. The van der Waals surface area contributed by atoms with Crippen molar-refractivity contribution in [2.75, 3.05) is 11.9 Å². The number of halogens is 2. The van der Waals surface area contributed by atoms with E-state index in [1.54, 1.807) is 67.7 Å². The number of hydrogen-bond donors (Lipinski definition) is 2. The van der Waals surface area contributed by atoms with E-state index in [4.69, 9.17) is 23.2 Å². The molecule has 0 aromatic heterocycles. The molecule has 0 radical (unpaired) electrons. The molecule has 9 nitrogen and oxygen atoms in total. The Morgan fingerprint density at radius 2 is 1.53 bits per heavy atom. The van der Waals surface area contributed by atoms with Gasteiger partial charge >= 0.3 is 5.97 Å². The van der Waals surface area contributed by atoms with Crippen LogP contribution in [0.25, 0.3) is 0 Å². The lowest BCUT2D eigenvalue weighted by atomic mass is 9.76. The van der Waals surface area contributed by atoms with Crippen molar-refractivity contribution < 1.29 is 27.9 Å². The first-order valence-electron chi connectivity index (χ1n) is 13.9. The molecule has 2 heterocycles. The Hall–Kier alpha value is -3.44. The zero-order valence-corrected chi connectivity index (χ0v) is 25.6. The van der Waals surface area contributed by atoms with Gasteiger partial charge in [0.25, 0.3) is 5.91 Å². The van der Waals surface area contributed by atoms with E-state index in [0.717, 1.165) is 0 Å². The molecule has 12 heteroatoms. The van der Waals surface area contributed by atoms with Crippen molar-refractivity contribution in [2.45, 2.75) is 55.1 Å². The normalized spacial score (nSPS) is 20.8. The molecule has 43 heavy (non-hydrogen) atoms. The monoisotopic (exact) mass is 643 g/mol. The summed E-state index contributed by atoms with van der Waals surface area (Å²) in [6, 6.07) is 16.9. The molecular formula is C31H31Cl2N3O6S. The summed E-state index contributed by atoms with van der Waals surface area (Å²) in [5.41, 5.74) is 1.30. The molecule has 3 fully saturated rings. The lowest BCUT2D eigenvalue weighted by Gasteiger charge is -2.49. The van der Waals surface area contributed by atoms with Gasteiger partial charge in [-0.3, -0.25) is 9.59 Å². The number of fused-ring (bicyclic) bond motifs is 3. The molecule has 3 aliphatic rings. The first-order valence-corrected chi connectivity index (χ1v) is 16.1. The van der Waals surface area contributed by atoms with E-state index < -0.39 is 39.9 Å². The summed E-state index contributed by atoms with van der Waals surface area (Å²) < 4.78 is 28.6. The van der Waals surface area contributed by atoms with E-state index in [1.165, 1.54) is 21.3 Å². The number of benzene rings is 3. The molecule has 1 aliphatic carbocycles. The number of carboxylic acid groups (broad SMARTS) is 1. The molecule has 3 aromatic rings. The van der Waals surface area contributed by atoms with E-state index in [0.29, 0.717) is 36.9 Å². The van der Waals surface area contributed by atoms with Crippen LogP contribution >= 0.6 is 23.2 Å². The number of rotatable bonds is 9. The molecule has 3 aromatic carbocycles. The van der Waals surface area contributed by atoms with E-state index in [-0.39, 0.29) is 38.9 Å². The summed E-state index contributed by atoms with van der Waals surface area (Å²) in [7, 11) is -2.40. The Kier molecular flexibility index (Phi) is 9.12. The summed E-state index contributed by atoms with van der Waals surface area (Å²) in [4.78, 5) is 40.4. The molecule has 2 saturated heterocycles. The van der Waals surface area contributed by atoms with Gasteiger partial charge in [0, 0.05) is 25.2 Å². The Morgan fingerprint density at radius 1 is 0.930 bits per heavy atom. The van der Waals surface area contributed by atoms with Crippen molar-refractivity contribution in [1.29, 1.82) is 0 Å².